The number of hydrogen-bond donors (Lipinski definition) is 0. The van der Waals surface area contributed by atoms with Gasteiger partial charge in [0.05, 0.1) is 0 Å². The summed E-state index contributed by atoms with van der Waals surface area (Å²) in [5.41, 5.74) is 9.19. The molecule has 2 aliphatic rings. The zero-order valence-corrected chi connectivity index (χ0v) is 14.8. The summed E-state index contributed by atoms with van der Waals surface area (Å²) in [6.45, 7) is 14.0. The first-order valence-corrected chi connectivity index (χ1v) is 10.1. The summed E-state index contributed by atoms with van der Waals surface area (Å²) < 4.78 is 17.7. The molecule has 2 rings (SSSR count). The first kappa shape index (κ1) is 16.5. The zero-order valence-electron chi connectivity index (χ0n) is 13.8. The molecule has 7 heteroatoms. The fourth-order valence-electron chi connectivity index (χ4n) is 2.38. The largest absolute Gasteiger partial charge is 0.401 e. The molecule has 21 heavy (non-hydrogen) atoms. The molecule has 0 aromatic carbocycles. The van der Waals surface area contributed by atoms with Crippen molar-refractivity contribution in [3.8, 4) is 0 Å². The second-order valence-electron chi connectivity index (χ2n) is 7.67. The van der Waals surface area contributed by atoms with Crippen molar-refractivity contribution < 1.29 is 23.5 Å². The van der Waals surface area contributed by atoms with Gasteiger partial charge in [-0.05, 0) is 32.0 Å². The maximum Gasteiger partial charge on any atom is 0.367 e. The number of carbonyl (C=O) groups is 1. The molecule has 0 N–H and O–H groups in total. The number of nitrogens with zero attached hydrogens (tertiary/aromatic N) is 2. The summed E-state index contributed by atoms with van der Waals surface area (Å²) in [7, 11) is -2.14. The SMILES string of the molecule is CC1(C)O[C@@H]2[C@H](O1)C(=O)C(=[N+]=[N-])[C@H]2O[Si](C)(C)C(C)(C)C. The summed E-state index contributed by atoms with van der Waals surface area (Å²) in [5.74, 6) is -1.18. The van der Waals surface area contributed by atoms with E-state index >= 15 is 0 Å². The van der Waals surface area contributed by atoms with E-state index in [9.17, 15) is 10.3 Å². The van der Waals surface area contributed by atoms with Gasteiger partial charge in [0.15, 0.2) is 26.3 Å². The molecule has 3 atom stereocenters. The minimum absolute atomic E-state index is 0.00493. The van der Waals surface area contributed by atoms with Crippen molar-refractivity contribution in [1.29, 1.82) is 0 Å². The van der Waals surface area contributed by atoms with Crippen LogP contribution in [0.3, 0.4) is 0 Å². The van der Waals surface area contributed by atoms with Gasteiger partial charge in [0.1, 0.15) is 6.10 Å². The molecule has 0 unspecified atom stereocenters. The minimum atomic E-state index is -2.14. The molecule has 1 aliphatic carbocycles. The van der Waals surface area contributed by atoms with E-state index in [-0.39, 0.29) is 16.5 Å². The first-order valence-electron chi connectivity index (χ1n) is 7.19. The monoisotopic (exact) mass is 312 g/mol. The smallest absolute Gasteiger partial charge is 0.367 e. The lowest BCUT2D eigenvalue weighted by atomic mass is 10.2. The van der Waals surface area contributed by atoms with Crippen molar-refractivity contribution in [1.82, 2.24) is 0 Å². The maximum atomic E-state index is 12.3. The molecular formula is C14H24N2O4Si. The van der Waals surface area contributed by atoms with E-state index < -0.39 is 32.4 Å². The van der Waals surface area contributed by atoms with Gasteiger partial charge in [0.25, 0.3) is 5.78 Å². The average Bonchev–Trinajstić information content (AvgIpc) is 2.72. The third-order valence-electron chi connectivity index (χ3n) is 4.54. The van der Waals surface area contributed by atoms with Crippen LogP contribution in [0.15, 0.2) is 0 Å². The molecule has 2 fully saturated rings. The summed E-state index contributed by atoms with van der Waals surface area (Å²) in [5, 5.41) is -0.0241. The van der Waals surface area contributed by atoms with Gasteiger partial charge >= 0.3 is 5.71 Å². The van der Waals surface area contributed by atoms with Gasteiger partial charge < -0.3 is 19.4 Å². The van der Waals surface area contributed by atoms with E-state index in [1.54, 1.807) is 13.8 Å². The number of rotatable bonds is 2. The van der Waals surface area contributed by atoms with Gasteiger partial charge in [-0.1, -0.05) is 20.8 Å². The zero-order chi connectivity index (χ0) is 16.2. The Hall–Kier alpha value is -0.853. The van der Waals surface area contributed by atoms with Crippen LogP contribution in [0.2, 0.25) is 18.1 Å². The van der Waals surface area contributed by atoms with Gasteiger partial charge in [-0.15, -0.1) is 0 Å². The summed E-state index contributed by atoms with van der Waals surface area (Å²) in [6.07, 6.45) is -1.97. The highest BCUT2D eigenvalue weighted by Crippen LogP contribution is 2.42. The van der Waals surface area contributed by atoms with Crippen LogP contribution in [0, 0.1) is 0 Å². The molecule has 1 saturated carbocycles. The van der Waals surface area contributed by atoms with Gasteiger partial charge in [-0.2, -0.15) is 4.79 Å². The number of ether oxygens (including phenoxy) is 2. The molecule has 0 aromatic heterocycles. The summed E-state index contributed by atoms with van der Waals surface area (Å²) in [6, 6.07) is 0. The first-order chi connectivity index (χ1) is 9.39. The van der Waals surface area contributed by atoms with Crippen molar-refractivity contribution in [3.05, 3.63) is 5.53 Å². The second-order valence-corrected chi connectivity index (χ2v) is 12.4. The Morgan fingerprint density at radius 2 is 1.86 bits per heavy atom. The van der Waals surface area contributed by atoms with Gasteiger partial charge in [-0.25, -0.2) is 0 Å². The molecular weight excluding hydrogens is 288 g/mol. The van der Waals surface area contributed by atoms with Crippen LogP contribution < -0.4 is 0 Å². The van der Waals surface area contributed by atoms with Crippen molar-refractivity contribution in [2.24, 2.45) is 0 Å². The third-order valence-corrected chi connectivity index (χ3v) is 9.00. The Kier molecular flexibility index (Phi) is 3.80. The van der Waals surface area contributed by atoms with Crippen LogP contribution >= 0.6 is 0 Å². The highest BCUT2D eigenvalue weighted by atomic mass is 28.4. The maximum absolute atomic E-state index is 12.3. The summed E-state index contributed by atoms with van der Waals surface area (Å²) in [4.78, 5) is 15.4. The number of ketones is 1. The predicted octanol–water partition coefficient (Wildman–Crippen LogP) is 2.15. The highest BCUT2D eigenvalue weighted by Gasteiger charge is 2.63. The second kappa shape index (κ2) is 4.83. The van der Waals surface area contributed by atoms with Gasteiger partial charge in [0, 0.05) is 0 Å². The van der Waals surface area contributed by atoms with E-state index in [2.05, 4.69) is 38.7 Å². The lowest BCUT2D eigenvalue weighted by molar-refractivity contribution is -0.162. The molecule has 0 radical (unpaired) electrons. The lowest BCUT2D eigenvalue weighted by Gasteiger charge is -2.38. The van der Waals surface area contributed by atoms with E-state index in [0.717, 1.165) is 0 Å². The van der Waals surface area contributed by atoms with Crippen LogP contribution in [-0.4, -0.2) is 48.7 Å². The predicted molar refractivity (Wildman–Crippen MR) is 79.5 cm³/mol. The molecule has 118 valence electrons. The van der Waals surface area contributed by atoms with E-state index in [1.807, 2.05) is 0 Å². The molecule has 0 aromatic rings. The number of fused-ring (bicyclic) bond motifs is 1. The standard InChI is InChI=1S/C14H24N2O4Si/c1-13(2,3)21(6,7)20-10-8(16-15)9(17)11-12(10)19-14(4,5)18-11/h10-12H,1-7H3/t10-,11-,12+/m1/s1. The number of Topliss-reactive ketones (excluding diaryl/α,β-unsaturated/α-hetero) is 1. The van der Waals surface area contributed by atoms with E-state index in [1.165, 1.54) is 0 Å². The molecule has 0 spiro atoms. The van der Waals surface area contributed by atoms with Crippen LogP contribution in [-0.2, 0) is 18.7 Å². The average molecular weight is 312 g/mol. The Morgan fingerprint density at radius 1 is 1.29 bits per heavy atom. The molecule has 0 amide bonds. The number of carbonyl (C=O) groups excluding carboxylic acids is 1. The van der Waals surface area contributed by atoms with Crippen molar-refractivity contribution in [2.75, 3.05) is 0 Å². The van der Waals surface area contributed by atoms with E-state index in [4.69, 9.17) is 13.9 Å². The minimum Gasteiger partial charge on any atom is -0.401 e. The van der Waals surface area contributed by atoms with Crippen LogP contribution in [0.5, 0.6) is 0 Å². The quantitative estimate of drug-likeness (QED) is 0.444. The van der Waals surface area contributed by atoms with Crippen molar-refractivity contribution in [3.63, 3.8) is 0 Å². The van der Waals surface area contributed by atoms with Crippen molar-refractivity contribution in [2.45, 2.75) is 76.8 Å². The fraction of sp³-hybridized carbons (Fsp3) is 0.857. The topological polar surface area (TPSA) is 81.2 Å². The molecule has 1 aliphatic heterocycles. The van der Waals surface area contributed by atoms with E-state index in [0.29, 0.717) is 0 Å². The fourth-order valence-corrected chi connectivity index (χ4v) is 3.61. The van der Waals surface area contributed by atoms with Crippen molar-refractivity contribution >= 4 is 19.8 Å². The van der Waals surface area contributed by atoms with Crippen LogP contribution in [0.1, 0.15) is 34.6 Å². The van der Waals surface area contributed by atoms with Gasteiger partial charge in [0.2, 0.25) is 0 Å². The van der Waals surface area contributed by atoms with Gasteiger partial charge in [-0.3, -0.25) is 4.79 Å². The Bertz CT molecular complexity index is 518. The Balaban J connectivity index is 2.33. The Morgan fingerprint density at radius 3 is 2.33 bits per heavy atom. The normalized spacial score (nSPS) is 32.2. The summed E-state index contributed by atoms with van der Waals surface area (Å²) >= 11 is 0. The lowest BCUT2D eigenvalue weighted by Crippen LogP contribution is -2.49. The van der Waals surface area contributed by atoms with Crippen LogP contribution in [0.4, 0.5) is 0 Å². The highest BCUT2D eigenvalue weighted by molar-refractivity contribution is 6.74. The molecule has 1 heterocycles. The molecule has 0 bridgehead atoms. The number of hydrogen-bond acceptors (Lipinski definition) is 4. The molecule has 1 saturated heterocycles. The van der Waals surface area contributed by atoms with Crippen LogP contribution in [0.25, 0.3) is 5.53 Å². The Labute approximate surface area is 126 Å². The molecule has 6 nitrogen and oxygen atoms in total. The third kappa shape index (κ3) is 2.76.